The number of hydrogen-bond donors (Lipinski definition) is 0. The summed E-state index contributed by atoms with van der Waals surface area (Å²) in [5.41, 5.74) is 1.07. The molecule has 0 unspecified atom stereocenters. The smallest absolute Gasteiger partial charge is 0.0801 e. The van der Waals surface area contributed by atoms with Crippen LogP contribution in [0.5, 0.6) is 0 Å². The van der Waals surface area contributed by atoms with Gasteiger partial charge in [0, 0.05) is 27.2 Å². The van der Waals surface area contributed by atoms with E-state index in [0.717, 1.165) is 12.1 Å². The highest BCUT2D eigenvalue weighted by molar-refractivity contribution is 7.16. The van der Waals surface area contributed by atoms with Gasteiger partial charge in [0.15, 0.2) is 0 Å². The number of aryl methyl sites for hydroxylation is 1. The fourth-order valence-corrected chi connectivity index (χ4v) is 3.88. The average molecular weight is 271 g/mol. The SMILES string of the molecule is Cc1ccc(Cc2ccc(-c3ccccn3)s2)s1. The lowest BCUT2D eigenvalue weighted by Crippen LogP contribution is -1.77. The predicted molar refractivity (Wildman–Crippen MR) is 79.4 cm³/mol. The van der Waals surface area contributed by atoms with Gasteiger partial charge in [-0.15, -0.1) is 22.7 Å². The van der Waals surface area contributed by atoms with Crippen molar-refractivity contribution in [1.82, 2.24) is 4.98 Å². The zero-order chi connectivity index (χ0) is 12.4. The molecule has 0 fully saturated rings. The number of rotatable bonds is 3. The molecule has 0 saturated carbocycles. The third-order valence-corrected chi connectivity index (χ3v) is 4.83. The van der Waals surface area contributed by atoms with E-state index in [1.54, 1.807) is 0 Å². The second kappa shape index (κ2) is 5.04. The molecule has 0 aromatic carbocycles. The Morgan fingerprint density at radius 1 is 0.944 bits per heavy atom. The largest absolute Gasteiger partial charge is 0.255 e. The van der Waals surface area contributed by atoms with Crippen molar-refractivity contribution < 1.29 is 0 Å². The molecule has 3 heteroatoms. The molecular weight excluding hydrogens is 258 g/mol. The number of nitrogens with zero attached hydrogens (tertiary/aromatic N) is 1. The first-order chi connectivity index (χ1) is 8.81. The molecule has 0 amide bonds. The maximum absolute atomic E-state index is 4.39. The van der Waals surface area contributed by atoms with Crippen LogP contribution in [0.1, 0.15) is 14.6 Å². The van der Waals surface area contributed by atoms with Crippen LogP contribution in [-0.4, -0.2) is 4.98 Å². The van der Waals surface area contributed by atoms with Crippen molar-refractivity contribution in [2.75, 3.05) is 0 Å². The Morgan fingerprint density at radius 3 is 2.50 bits per heavy atom. The molecule has 0 atom stereocenters. The van der Waals surface area contributed by atoms with Crippen LogP contribution in [0.15, 0.2) is 48.7 Å². The zero-order valence-corrected chi connectivity index (χ0v) is 11.7. The summed E-state index contributed by atoms with van der Waals surface area (Å²) in [7, 11) is 0. The van der Waals surface area contributed by atoms with Gasteiger partial charge >= 0.3 is 0 Å². The number of thiophene rings is 2. The first kappa shape index (κ1) is 11.6. The van der Waals surface area contributed by atoms with Gasteiger partial charge < -0.3 is 0 Å². The molecule has 0 radical (unpaired) electrons. The summed E-state index contributed by atoms with van der Waals surface area (Å²) in [6.07, 6.45) is 2.88. The highest BCUT2D eigenvalue weighted by atomic mass is 32.1. The van der Waals surface area contributed by atoms with Crippen LogP contribution in [0.25, 0.3) is 10.6 Å². The average Bonchev–Trinajstić information content (AvgIpc) is 3.01. The third-order valence-electron chi connectivity index (χ3n) is 2.72. The molecule has 0 aliphatic rings. The Labute approximate surface area is 115 Å². The van der Waals surface area contributed by atoms with Gasteiger partial charge in [-0.05, 0) is 43.3 Å². The molecule has 3 rings (SSSR count). The minimum Gasteiger partial charge on any atom is -0.255 e. The first-order valence-electron chi connectivity index (χ1n) is 5.87. The Hall–Kier alpha value is -1.45. The van der Waals surface area contributed by atoms with Crippen molar-refractivity contribution in [3.05, 3.63) is 63.3 Å². The Bertz CT molecular complexity index is 637. The van der Waals surface area contributed by atoms with Gasteiger partial charge in [0.1, 0.15) is 0 Å². The second-order valence-corrected chi connectivity index (χ2v) is 6.71. The maximum Gasteiger partial charge on any atom is 0.0801 e. The van der Waals surface area contributed by atoms with E-state index in [0.29, 0.717) is 0 Å². The van der Waals surface area contributed by atoms with Crippen LogP contribution < -0.4 is 0 Å². The molecule has 18 heavy (non-hydrogen) atoms. The summed E-state index contributed by atoms with van der Waals surface area (Å²) in [5.74, 6) is 0. The van der Waals surface area contributed by atoms with E-state index in [4.69, 9.17) is 0 Å². The van der Waals surface area contributed by atoms with Crippen LogP contribution in [0, 0.1) is 6.92 Å². The molecule has 0 bridgehead atoms. The minimum atomic E-state index is 1.04. The van der Waals surface area contributed by atoms with Gasteiger partial charge in [0.2, 0.25) is 0 Å². The topological polar surface area (TPSA) is 12.9 Å². The van der Waals surface area contributed by atoms with Gasteiger partial charge in [-0.3, -0.25) is 4.98 Å². The van der Waals surface area contributed by atoms with Crippen molar-refractivity contribution in [1.29, 1.82) is 0 Å². The Balaban J connectivity index is 1.82. The maximum atomic E-state index is 4.39. The van der Waals surface area contributed by atoms with E-state index in [1.807, 2.05) is 41.0 Å². The van der Waals surface area contributed by atoms with Crippen LogP contribution in [0.4, 0.5) is 0 Å². The summed E-state index contributed by atoms with van der Waals surface area (Å²) in [4.78, 5) is 9.85. The van der Waals surface area contributed by atoms with Crippen molar-refractivity contribution in [2.24, 2.45) is 0 Å². The second-order valence-electron chi connectivity index (χ2n) is 4.17. The molecular formula is C15H13NS2. The summed E-state index contributed by atoms with van der Waals surface area (Å²) >= 11 is 3.71. The molecule has 0 spiro atoms. The van der Waals surface area contributed by atoms with Crippen molar-refractivity contribution in [2.45, 2.75) is 13.3 Å². The van der Waals surface area contributed by atoms with Crippen molar-refractivity contribution in [3.63, 3.8) is 0 Å². The molecule has 0 aliphatic heterocycles. The van der Waals surface area contributed by atoms with Crippen LogP contribution >= 0.6 is 22.7 Å². The van der Waals surface area contributed by atoms with E-state index >= 15 is 0 Å². The fraction of sp³-hybridized carbons (Fsp3) is 0.133. The number of pyridine rings is 1. The van der Waals surface area contributed by atoms with Crippen molar-refractivity contribution in [3.8, 4) is 10.6 Å². The molecule has 0 aliphatic carbocycles. The predicted octanol–water partition coefficient (Wildman–Crippen LogP) is 4.77. The van der Waals surface area contributed by atoms with Crippen LogP contribution in [-0.2, 0) is 6.42 Å². The Morgan fingerprint density at radius 2 is 1.78 bits per heavy atom. The fourth-order valence-electron chi connectivity index (χ4n) is 1.87. The monoisotopic (exact) mass is 271 g/mol. The van der Waals surface area contributed by atoms with Crippen molar-refractivity contribution >= 4 is 22.7 Å². The molecule has 1 nitrogen and oxygen atoms in total. The zero-order valence-electron chi connectivity index (χ0n) is 10.1. The van der Waals surface area contributed by atoms with Gasteiger partial charge in [-0.1, -0.05) is 6.07 Å². The highest BCUT2D eigenvalue weighted by Crippen LogP contribution is 2.29. The Kier molecular flexibility index (Phi) is 3.26. The number of aromatic nitrogens is 1. The van der Waals surface area contributed by atoms with E-state index in [9.17, 15) is 0 Å². The summed E-state index contributed by atoms with van der Waals surface area (Å²) in [5, 5.41) is 0. The molecule has 90 valence electrons. The molecule has 3 aromatic rings. The minimum absolute atomic E-state index is 1.04. The molecule has 0 N–H and O–H groups in total. The third kappa shape index (κ3) is 2.52. The first-order valence-corrected chi connectivity index (χ1v) is 7.50. The quantitative estimate of drug-likeness (QED) is 0.668. The summed E-state index contributed by atoms with van der Waals surface area (Å²) < 4.78 is 0. The molecule has 0 saturated heterocycles. The summed E-state index contributed by atoms with van der Waals surface area (Å²) in [6, 6.07) is 14.8. The van der Waals surface area contributed by atoms with E-state index in [2.05, 4.69) is 42.2 Å². The van der Waals surface area contributed by atoms with E-state index in [1.165, 1.54) is 19.5 Å². The van der Waals surface area contributed by atoms with E-state index < -0.39 is 0 Å². The lowest BCUT2D eigenvalue weighted by Gasteiger charge is -1.95. The normalized spacial score (nSPS) is 10.7. The molecule has 3 heterocycles. The van der Waals surface area contributed by atoms with Gasteiger partial charge in [0.05, 0.1) is 10.6 Å². The number of hydrogen-bond acceptors (Lipinski definition) is 3. The molecule has 3 aromatic heterocycles. The van der Waals surface area contributed by atoms with Gasteiger partial charge in [-0.25, -0.2) is 0 Å². The standard InChI is InChI=1S/C15H13NS2/c1-11-5-6-12(17-11)10-13-7-8-15(18-13)14-4-2-3-9-16-14/h2-9H,10H2,1H3. The van der Waals surface area contributed by atoms with Crippen LogP contribution in [0.3, 0.4) is 0 Å². The lowest BCUT2D eigenvalue weighted by molar-refractivity contribution is 1.31. The van der Waals surface area contributed by atoms with Gasteiger partial charge in [0.25, 0.3) is 0 Å². The van der Waals surface area contributed by atoms with E-state index in [-0.39, 0.29) is 0 Å². The van der Waals surface area contributed by atoms with Gasteiger partial charge in [-0.2, -0.15) is 0 Å². The highest BCUT2D eigenvalue weighted by Gasteiger charge is 2.05. The summed E-state index contributed by atoms with van der Waals surface area (Å²) in [6.45, 7) is 2.15. The van der Waals surface area contributed by atoms with Crippen LogP contribution in [0.2, 0.25) is 0 Å². The lowest BCUT2D eigenvalue weighted by atomic mass is 10.2.